The number of likely N-dealkylation sites (N-methyl/N-ethyl adjacent to an activating group) is 1. The average Bonchev–Trinajstić information content (AvgIpc) is 2.17. The second-order valence-corrected chi connectivity index (χ2v) is 3.45. The number of nitrogens with zero attached hydrogens (tertiary/aromatic N) is 2. The van der Waals surface area contributed by atoms with Crippen LogP contribution < -0.4 is 5.84 Å². The minimum Gasteiger partial charge on any atom is -0.349 e. The Balaban J connectivity index is 2.65. The average molecular weight is 183 g/mol. The van der Waals surface area contributed by atoms with E-state index < -0.39 is 0 Å². The Hall–Kier alpha value is -0.900. The largest absolute Gasteiger partial charge is 0.349 e. The van der Waals surface area contributed by atoms with Crippen molar-refractivity contribution in [2.45, 2.75) is 0 Å². The molecular formula is C8H13N3S. The molecule has 0 aliphatic carbocycles. The van der Waals surface area contributed by atoms with Gasteiger partial charge < -0.3 is 10.7 Å². The Bertz CT molecular complexity index is 220. The Labute approximate surface area is 77.0 Å². The quantitative estimate of drug-likeness (QED) is 0.450. The summed E-state index contributed by atoms with van der Waals surface area (Å²) in [7, 11) is 1.98. The molecule has 1 heterocycles. The molecule has 0 radical (unpaired) electrons. The highest BCUT2D eigenvalue weighted by Gasteiger charge is 2.04. The standard InChI is InChI=1S/C8H13N3S/c1-11-6-4-2-3-5-7-12-8(11)10-9/h2-5H,6-7,9H2,1H3/b4-2-,5-3-,10-8+. The van der Waals surface area contributed by atoms with Crippen molar-refractivity contribution in [1.82, 2.24) is 4.90 Å². The van der Waals surface area contributed by atoms with Crippen LogP contribution in [0.25, 0.3) is 0 Å². The van der Waals surface area contributed by atoms with Gasteiger partial charge in [-0.25, -0.2) is 0 Å². The molecule has 0 saturated carbocycles. The van der Waals surface area contributed by atoms with Gasteiger partial charge in [0, 0.05) is 19.3 Å². The fourth-order valence-electron chi connectivity index (χ4n) is 0.878. The highest BCUT2D eigenvalue weighted by atomic mass is 32.2. The number of thioether (sulfide) groups is 1. The summed E-state index contributed by atoms with van der Waals surface area (Å²) >= 11 is 1.64. The van der Waals surface area contributed by atoms with E-state index in [4.69, 9.17) is 5.84 Å². The fraction of sp³-hybridized carbons (Fsp3) is 0.375. The number of hydrogen-bond donors (Lipinski definition) is 1. The third kappa shape index (κ3) is 2.62. The maximum atomic E-state index is 5.24. The van der Waals surface area contributed by atoms with Crippen molar-refractivity contribution >= 4 is 16.9 Å². The van der Waals surface area contributed by atoms with Crippen molar-refractivity contribution in [3.63, 3.8) is 0 Å². The second kappa shape index (κ2) is 4.87. The predicted molar refractivity (Wildman–Crippen MR) is 55.0 cm³/mol. The molecule has 1 aliphatic heterocycles. The number of nitrogens with two attached hydrogens (primary N) is 1. The van der Waals surface area contributed by atoms with Crippen LogP contribution in [0.2, 0.25) is 0 Å². The summed E-state index contributed by atoms with van der Waals surface area (Å²) in [4.78, 5) is 2.02. The molecule has 0 aromatic rings. The molecule has 0 saturated heterocycles. The highest BCUT2D eigenvalue weighted by Crippen LogP contribution is 2.08. The van der Waals surface area contributed by atoms with Gasteiger partial charge in [0.25, 0.3) is 0 Å². The Kier molecular flexibility index (Phi) is 3.73. The van der Waals surface area contributed by atoms with Crippen LogP contribution in [0.5, 0.6) is 0 Å². The van der Waals surface area contributed by atoms with Crippen LogP contribution in [0.15, 0.2) is 29.4 Å². The van der Waals surface area contributed by atoms with Crippen LogP contribution in [0.4, 0.5) is 0 Å². The van der Waals surface area contributed by atoms with Crippen LogP contribution in [0.3, 0.4) is 0 Å². The maximum absolute atomic E-state index is 5.24. The molecule has 0 aromatic carbocycles. The first kappa shape index (κ1) is 9.19. The number of allylic oxidation sites excluding steroid dienone is 2. The van der Waals surface area contributed by atoms with Crippen molar-refractivity contribution in [2.75, 3.05) is 19.3 Å². The molecule has 12 heavy (non-hydrogen) atoms. The van der Waals surface area contributed by atoms with Crippen molar-refractivity contribution in [2.24, 2.45) is 10.9 Å². The first-order valence-corrected chi connectivity index (χ1v) is 4.76. The van der Waals surface area contributed by atoms with E-state index in [9.17, 15) is 0 Å². The zero-order chi connectivity index (χ0) is 8.81. The lowest BCUT2D eigenvalue weighted by Crippen LogP contribution is -2.25. The molecule has 2 N–H and O–H groups in total. The van der Waals surface area contributed by atoms with E-state index in [0.717, 1.165) is 17.5 Å². The van der Waals surface area contributed by atoms with E-state index in [0.29, 0.717) is 0 Å². The smallest absolute Gasteiger partial charge is 0.183 e. The SMILES string of the molecule is CN1C/C=C\C=C/CS/C1=N/N. The number of hydrazone groups is 1. The molecule has 1 aliphatic rings. The Morgan fingerprint density at radius 1 is 1.50 bits per heavy atom. The van der Waals surface area contributed by atoms with Gasteiger partial charge in [0.2, 0.25) is 0 Å². The van der Waals surface area contributed by atoms with E-state index >= 15 is 0 Å². The zero-order valence-corrected chi connectivity index (χ0v) is 7.92. The number of hydrogen-bond acceptors (Lipinski definition) is 3. The molecule has 0 aromatic heterocycles. The molecule has 0 spiro atoms. The van der Waals surface area contributed by atoms with Gasteiger partial charge in [-0.05, 0) is 0 Å². The van der Waals surface area contributed by atoms with Crippen LogP contribution in [0, 0.1) is 0 Å². The minimum atomic E-state index is 0.855. The Morgan fingerprint density at radius 3 is 3.00 bits per heavy atom. The molecule has 3 nitrogen and oxygen atoms in total. The summed E-state index contributed by atoms with van der Waals surface area (Å²) in [5, 5.41) is 4.59. The second-order valence-electron chi connectivity index (χ2n) is 2.46. The van der Waals surface area contributed by atoms with E-state index in [1.165, 1.54) is 0 Å². The highest BCUT2D eigenvalue weighted by molar-refractivity contribution is 8.13. The van der Waals surface area contributed by atoms with E-state index in [2.05, 4.69) is 17.3 Å². The molecular weight excluding hydrogens is 170 g/mol. The van der Waals surface area contributed by atoms with Gasteiger partial charge in [0.05, 0.1) is 0 Å². The summed E-state index contributed by atoms with van der Waals surface area (Å²) in [6, 6.07) is 0. The molecule has 66 valence electrons. The van der Waals surface area contributed by atoms with Gasteiger partial charge in [-0.15, -0.1) is 0 Å². The van der Waals surface area contributed by atoms with Gasteiger partial charge in [-0.3, -0.25) is 0 Å². The molecule has 0 unspecified atom stereocenters. The predicted octanol–water partition coefficient (Wildman–Crippen LogP) is 1.01. The first-order valence-electron chi connectivity index (χ1n) is 3.78. The van der Waals surface area contributed by atoms with Gasteiger partial charge in [-0.1, -0.05) is 36.1 Å². The zero-order valence-electron chi connectivity index (χ0n) is 7.10. The monoisotopic (exact) mass is 183 g/mol. The third-order valence-corrected chi connectivity index (χ3v) is 2.54. The molecule has 0 bridgehead atoms. The van der Waals surface area contributed by atoms with Gasteiger partial charge in [-0.2, -0.15) is 5.10 Å². The van der Waals surface area contributed by atoms with Gasteiger partial charge >= 0.3 is 0 Å². The lowest BCUT2D eigenvalue weighted by atomic mass is 10.4. The Morgan fingerprint density at radius 2 is 2.25 bits per heavy atom. The topological polar surface area (TPSA) is 41.6 Å². The van der Waals surface area contributed by atoms with E-state index in [1.54, 1.807) is 11.8 Å². The number of rotatable bonds is 0. The van der Waals surface area contributed by atoms with E-state index in [1.807, 2.05) is 24.1 Å². The van der Waals surface area contributed by atoms with Crippen molar-refractivity contribution < 1.29 is 0 Å². The van der Waals surface area contributed by atoms with Gasteiger partial charge in [0.1, 0.15) is 0 Å². The van der Waals surface area contributed by atoms with Crippen molar-refractivity contribution in [1.29, 1.82) is 0 Å². The molecule has 4 heteroatoms. The fourth-order valence-corrected chi connectivity index (χ4v) is 1.60. The molecule has 0 amide bonds. The lowest BCUT2D eigenvalue weighted by molar-refractivity contribution is 0.573. The van der Waals surface area contributed by atoms with Crippen LogP contribution in [0.1, 0.15) is 0 Å². The van der Waals surface area contributed by atoms with Crippen molar-refractivity contribution in [3.05, 3.63) is 24.3 Å². The van der Waals surface area contributed by atoms with Crippen LogP contribution >= 0.6 is 11.8 Å². The summed E-state index contributed by atoms with van der Waals surface area (Å²) in [5.41, 5.74) is 0. The third-order valence-electron chi connectivity index (χ3n) is 1.51. The number of amidine groups is 1. The summed E-state index contributed by atoms with van der Waals surface area (Å²) in [6.45, 7) is 0.855. The normalized spacial score (nSPS) is 27.4. The van der Waals surface area contributed by atoms with Crippen LogP contribution in [-0.2, 0) is 0 Å². The van der Waals surface area contributed by atoms with Crippen LogP contribution in [-0.4, -0.2) is 29.4 Å². The van der Waals surface area contributed by atoms with Crippen molar-refractivity contribution in [3.8, 4) is 0 Å². The first-order chi connectivity index (χ1) is 5.84. The van der Waals surface area contributed by atoms with Gasteiger partial charge in [0.15, 0.2) is 5.17 Å². The molecule has 0 atom stereocenters. The summed E-state index contributed by atoms with van der Waals surface area (Å²) < 4.78 is 0. The molecule has 1 rings (SSSR count). The summed E-state index contributed by atoms with van der Waals surface area (Å²) in [5.74, 6) is 6.16. The molecule has 0 fully saturated rings. The minimum absolute atomic E-state index is 0.855. The summed E-state index contributed by atoms with van der Waals surface area (Å²) in [6.07, 6.45) is 8.25. The maximum Gasteiger partial charge on any atom is 0.183 e. The lowest BCUT2D eigenvalue weighted by Gasteiger charge is -2.16. The van der Waals surface area contributed by atoms with E-state index in [-0.39, 0.29) is 0 Å².